The Labute approximate surface area is 238 Å². The molecule has 2 N–H and O–H groups in total. The van der Waals surface area contributed by atoms with E-state index in [1.165, 1.54) is 5.69 Å². The van der Waals surface area contributed by atoms with Gasteiger partial charge in [-0.05, 0) is 94.9 Å². The average Bonchev–Trinajstić information content (AvgIpc) is 2.93. The predicted molar refractivity (Wildman–Crippen MR) is 159 cm³/mol. The highest BCUT2D eigenvalue weighted by Crippen LogP contribution is 2.55. The molecule has 2 amide bonds. The molecule has 4 aliphatic carbocycles. The molecule has 0 radical (unpaired) electrons. The lowest BCUT2D eigenvalue weighted by Crippen LogP contribution is -2.63. The van der Waals surface area contributed by atoms with Crippen LogP contribution in [0.25, 0.3) is 0 Å². The quantitative estimate of drug-likeness (QED) is 0.588. The topological polar surface area (TPSA) is 75.2 Å². The van der Waals surface area contributed by atoms with E-state index < -0.39 is 5.60 Å². The molecule has 3 unspecified atom stereocenters. The van der Waals surface area contributed by atoms with Gasteiger partial charge >= 0.3 is 6.03 Å². The van der Waals surface area contributed by atoms with Gasteiger partial charge in [0, 0.05) is 50.8 Å². The molecule has 214 valence electrons. The van der Waals surface area contributed by atoms with E-state index in [-0.39, 0.29) is 17.6 Å². The number of fused-ring (bicyclic) bond motifs is 1. The van der Waals surface area contributed by atoms with Gasteiger partial charge in [-0.3, -0.25) is 9.80 Å². The van der Waals surface area contributed by atoms with Gasteiger partial charge in [0.25, 0.3) is 0 Å². The van der Waals surface area contributed by atoms with E-state index in [4.69, 9.17) is 4.98 Å². The van der Waals surface area contributed by atoms with E-state index in [9.17, 15) is 9.90 Å². The van der Waals surface area contributed by atoms with Crippen molar-refractivity contribution in [2.24, 2.45) is 17.8 Å². The number of carbonyl (C=O) groups is 1. The molecule has 1 aromatic carbocycles. The van der Waals surface area contributed by atoms with Crippen molar-refractivity contribution >= 4 is 28.9 Å². The van der Waals surface area contributed by atoms with Crippen LogP contribution in [-0.4, -0.2) is 77.5 Å². The Balaban J connectivity index is 1.04. The summed E-state index contributed by atoms with van der Waals surface area (Å²) < 4.78 is 0. The fraction of sp³-hybridized carbons (Fsp3) is 0.625. The van der Waals surface area contributed by atoms with E-state index in [2.05, 4.69) is 59.0 Å². The van der Waals surface area contributed by atoms with Gasteiger partial charge in [-0.1, -0.05) is 12.1 Å². The first-order chi connectivity index (χ1) is 19.2. The Morgan fingerprint density at radius 2 is 1.62 bits per heavy atom. The maximum Gasteiger partial charge on any atom is 0.322 e. The number of rotatable bonds is 3. The number of nitrogens with one attached hydrogen (secondary N) is 1. The zero-order valence-corrected chi connectivity index (χ0v) is 24.2. The average molecular weight is 545 g/mol. The standard InChI is InChI=1S/C32H44N6O2/c1-31(2,3)36-12-10-35(11-13-36)25-8-9-28(33-21-25)37-14-15-38(27-7-5-4-6-26(27)37)30(39)34-29-23-16-22-17-24(29)20-32(40,18-22)19-23/h4-9,21-24,29,40H,10-20H2,1-3H3,(H,34,39)/t22?,23-,24+,29?,32?. The Morgan fingerprint density at radius 3 is 2.25 bits per heavy atom. The van der Waals surface area contributed by atoms with Crippen LogP contribution in [-0.2, 0) is 0 Å². The molecule has 1 aromatic heterocycles. The van der Waals surface area contributed by atoms with Crippen molar-refractivity contribution in [2.45, 2.75) is 70.1 Å². The summed E-state index contributed by atoms with van der Waals surface area (Å²) in [6, 6.07) is 12.7. The Hall–Kier alpha value is -2.84. The van der Waals surface area contributed by atoms with Gasteiger partial charge < -0.3 is 20.2 Å². The summed E-state index contributed by atoms with van der Waals surface area (Å²) in [6.07, 6.45) is 6.92. The second kappa shape index (κ2) is 9.62. The van der Waals surface area contributed by atoms with Gasteiger partial charge in [0.05, 0.1) is 28.9 Å². The predicted octanol–water partition coefficient (Wildman–Crippen LogP) is 4.61. The summed E-state index contributed by atoms with van der Waals surface area (Å²) in [6.45, 7) is 12.3. The molecule has 8 heteroatoms. The molecule has 2 aromatic rings. The number of hydrogen-bond acceptors (Lipinski definition) is 6. The molecular formula is C32H44N6O2. The molecule has 40 heavy (non-hydrogen) atoms. The minimum atomic E-state index is -0.487. The maximum atomic E-state index is 13.7. The highest BCUT2D eigenvalue weighted by Gasteiger charge is 2.55. The van der Waals surface area contributed by atoms with Crippen LogP contribution in [0.5, 0.6) is 0 Å². The van der Waals surface area contributed by atoms with Crippen LogP contribution in [0.3, 0.4) is 0 Å². The highest BCUT2D eigenvalue weighted by molar-refractivity contribution is 5.98. The number of para-hydroxylation sites is 2. The summed E-state index contributed by atoms with van der Waals surface area (Å²) in [5, 5.41) is 14.4. The third-order valence-electron chi connectivity index (χ3n) is 10.4. The third-order valence-corrected chi connectivity index (χ3v) is 10.4. The van der Waals surface area contributed by atoms with Crippen LogP contribution in [0.1, 0.15) is 52.9 Å². The minimum Gasteiger partial charge on any atom is -0.390 e. The number of nitrogens with zero attached hydrogens (tertiary/aromatic N) is 5. The second-order valence-electron chi connectivity index (χ2n) is 14.0. The number of amides is 2. The summed E-state index contributed by atoms with van der Waals surface area (Å²) in [5.74, 6) is 2.34. The Bertz CT molecular complexity index is 1230. The lowest BCUT2D eigenvalue weighted by Gasteiger charge is -2.58. The number of aliphatic hydroxyl groups is 1. The van der Waals surface area contributed by atoms with Crippen LogP contribution in [0, 0.1) is 17.8 Å². The zero-order valence-electron chi connectivity index (χ0n) is 24.2. The lowest BCUT2D eigenvalue weighted by molar-refractivity contribution is -0.136. The van der Waals surface area contributed by atoms with Gasteiger partial charge in [0.2, 0.25) is 0 Å². The molecule has 6 aliphatic rings. The second-order valence-corrected chi connectivity index (χ2v) is 14.0. The molecule has 4 saturated carbocycles. The summed E-state index contributed by atoms with van der Waals surface area (Å²) in [4.78, 5) is 27.7. The van der Waals surface area contributed by atoms with E-state index in [0.29, 0.717) is 30.8 Å². The smallest absolute Gasteiger partial charge is 0.322 e. The van der Waals surface area contributed by atoms with E-state index >= 15 is 0 Å². The minimum absolute atomic E-state index is 0.00531. The first kappa shape index (κ1) is 26.1. The summed E-state index contributed by atoms with van der Waals surface area (Å²) >= 11 is 0. The monoisotopic (exact) mass is 544 g/mol. The molecule has 5 atom stereocenters. The van der Waals surface area contributed by atoms with Crippen molar-refractivity contribution in [2.75, 3.05) is 54.0 Å². The van der Waals surface area contributed by atoms with Crippen LogP contribution >= 0.6 is 0 Å². The molecule has 8 nitrogen and oxygen atoms in total. The number of pyridine rings is 1. The molecule has 3 heterocycles. The lowest BCUT2D eigenvalue weighted by atomic mass is 9.52. The third kappa shape index (κ3) is 4.63. The SMILES string of the molecule is CC(C)(C)N1CCN(c2ccc(N3CCN(C(=O)NC4[C@@H]5CC6C[C@H]4CC(O)(C6)C5)c4ccccc43)nc2)CC1. The van der Waals surface area contributed by atoms with Crippen molar-refractivity contribution in [1.29, 1.82) is 0 Å². The van der Waals surface area contributed by atoms with Gasteiger partial charge in [0.15, 0.2) is 0 Å². The van der Waals surface area contributed by atoms with Gasteiger partial charge in [-0.25, -0.2) is 9.78 Å². The van der Waals surface area contributed by atoms with Crippen LogP contribution in [0.15, 0.2) is 42.6 Å². The number of piperazine rings is 1. The largest absolute Gasteiger partial charge is 0.390 e. The molecule has 5 fully saturated rings. The number of carbonyl (C=O) groups excluding carboxylic acids is 1. The first-order valence-corrected chi connectivity index (χ1v) is 15.3. The maximum absolute atomic E-state index is 13.7. The van der Waals surface area contributed by atoms with E-state index in [1.54, 1.807) is 0 Å². The van der Waals surface area contributed by atoms with Crippen molar-refractivity contribution in [3.8, 4) is 0 Å². The normalized spacial score (nSPS) is 31.9. The van der Waals surface area contributed by atoms with E-state index in [1.807, 2.05) is 29.3 Å². The Morgan fingerprint density at radius 1 is 0.925 bits per heavy atom. The molecule has 2 aliphatic heterocycles. The molecular weight excluding hydrogens is 500 g/mol. The van der Waals surface area contributed by atoms with Gasteiger partial charge in [-0.2, -0.15) is 0 Å². The van der Waals surface area contributed by atoms with Crippen LogP contribution < -0.4 is 20.0 Å². The molecule has 0 spiro atoms. The Kier molecular flexibility index (Phi) is 6.27. The van der Waals surface area contributed by atoms with Crippen molar-refractivity contribution in [3.63, 3.8) is 0 Å². The van der Waals surface area contributed by atoms with Crippen molar-refractivity contribution in [3.05, 3.63) is 42.6 Å². The molecule has 1 saturated heterocycles. The van der Waals surface area contributed by atoms with Crippen LogP contribution in [0.2, 0.25) is 0 Å². The first-order valence-electron chi connectivity index (χ1n) is 15.3. The number of aromatic nitrogens is 1. The summed E-state index contributed by atoms with van der Waals surface area (Å²) in [5.41, 5.74) is 2.83. The van der Waals surface area contributed by atoms with Gasteiger partial charge in [0.1, 0.15) is 5.82 Å². The fourth-order valence-electron chi connectivity index (χ4n) is 8.61. The molecule has 4 bridgehead atoms. The number of urea groups is 1. The zero-order chi connectivity index (χ0) is 27.6. The fourth-order valence-corrected chi connectivity index (χ4v) is 8.61. The van der Waals surface area contributed by atoms with Gasteiger partial charge in [-0.15, -0.1) is 0 Å². The summed E-state index contributed by atoms with van der Waals surface area (Å²) in [7, 11) is 0. The number of benzene rings is 1. The number of anilines is 4. The van der Waals surface area contributed by atoms with Crippen LogP contribution in [0.4, 0.5) is 27.7 Å². The van der Waals surface area contributed by atoms with Crippen molar-refractivity contribution in [1.82, 2.24) is 15.2 Å². The highest BCUT2D eigenvalue weighted by atomic mass is 16.3. The molecule has 8 rings (SSSR count). The van der Waals surface area contributed by atoms with E-state index in [0.717, 1.165) is 75.5 Å². The number of hydrogen-bond donors (Lipinski definition) is 2. The van der Waals surface area contributed by atoms with Crippen molar-refractivity contribution < 1.29 is 9.90 Å².